The first-order chi connectivity index (χ1) is 14.3. The van der Waals surface area contributed by atoms with Gasteiger partial charge in [-0.15, -0.1) is 0 Å². The van der Waals surface area contributed by atoms with E-state index in [1.807, 2.05) is 33.0 Å². The standard InChI is InChI=1S/C21H32N6O3/c1-21(2,3)30-20(28)26-6-4-5-15(14-26)17-11-18(22)27-19(24-17)16(12-23-27)13-25-7-9-29-10-8-25/h11-12,15H,4-10,13-14,22H2,1-3H3. The van der Waals surface area contributed by atoms with Crippen molar-refractivity contribution in [1.29, 1.82) is 0 Å². The van der Waals surface area contributed by atoms with Gasteiger partial charge in [0.25, 0.3) is 0 Å². The van der Waals surface area contributed by atoms with Crippen molar-refractivity contribution in [2.45, 2.75) is 51.7 Å². The number of morpholine rings is 1. The molecular formula is C21H32N6O3. The van der Waals surface area contributed by atoms with Gasteiger partial charge in [-0.2, -0.15) is 9.61 Å². The summed E-state index contributed by atoms with van der Waals surface area (Å²) in [5, 5.41) is 4.44. The average Bonchev–Trinajstić information content (AvgIpc) is 3.11. The third-order valence-corrected chi connectivity index (χ3v) is 5.58. The molecule has 1 atom stereocenters. The van der Waals surface area contributed by atoms with Crippen LogP contribution in [-0.2, 0) is 16.0 Å². The van der Waals surface area contributed by atoms with Crippen LogP contribution in [0.3, 0.4) is 0 Å². The molecule has 164 valence electrons. The molecule has 9 nitrogen and oxygen atoms in total. The molecule has 0 radical (unpaired) electrons. The summed E-state index contributed by atoms with van der Waals surface area (Å²) in [4.78, 5) is 21.6. The number of carbonyl (C=O) groups is 1. The van der Waals surface area contributed by atoms with Crippen LogP contribution in [0, 0.1) is 0 Å². The summed E-state index contributed by atoms with van der Waals surface area (Å²) in [6.07, 6.45) is 3.47. The smallest absolute Gasteiger partial charge is 0.410 e. The van der Waals surface area contributed by atoms with Gasteiger partial charge < -0.3 is 20.1 Å². The number of hydrogen-bond donors (Lipinski definition) is 1. The Labute approximate surface area is 177 Å². The highest BCUT2D eigenvalue weighted by Crippen LogP contribution is 2.29. The minimum Gasteiger partial charge on any atom is -0.444 e. The van der Waals surface area contributed by atoms with Gasteiger partial charge in [-0.25, -0.2) is 9.78 Å². The topological polar surface area (TPSA) is 98.2 Å². The Morgan fingerprint density at radius 1 is 1.30 bits per heavy atom. The number of nitrogens with two attached hydrogens (primary N) is 1. The number of nitrogen functional groups attached to an aromatic ring is 1. The lowest BCUT2D eigenvalue weighted by Crippen LogP contribution is -2.42. The summed E-state index contributed by atoms with van der Waals surface area (Å²) >= 11 is 0. The van der Waals surface area contributed by atoms with Crippen LogP contribution in [0.1, 0.15) is 50.8 Å². The first-order valence-electron chi connectivity index (χ1n) is 10.7. The zero-order valence-electron chi connectivity index (χ0n) is 18.1. The fourth-order valence-corrected chi connectivity index (χ4v) is 4.08. The minimum absolute atomic E-state index is 0.129. The van der Waals surface area contributed by atoms with Crippen molar-refractivity contribution in [2.75, 3.05) is 45.1 Å². The number of fused-ring (bicyclic) bond motifs is 1. The van der Waals surface area contributed by atoms with Crippen molar-refractivity contribution < 1.29 is 14.3 Å². The van der Waals surface area contributed by atoms with Crippen LogP contribution in [0.25, 0.3) is 5.65 Å². The zero-order chi connectivity index (χ0) is 21.3. The Hall–Kier alpha value is -2.39. The maximum absolute atomic E-state index is 12.5. The molecule has 2 aromatic rings. The molecule has 0 aliphatic carbocycles. The normalized spacial score (nSPS) is 21.2. The molecule has 4 heterocycles. The molecular weight excluding hydrogens is 384 g/mol. The van der Waals surface area contributed by atoms with E-state index in [4.69, 9.17) is 20.2 Å². The first-order valence-corrected chi connectivity index (χ1v) is 10.7. The number of likely N-dealkylation sites (tertiary alicyclic amines) is 1. The van der Waals surface area contributed by atoms with E-state index in [9.17, 15) is 4.79 Å². The van der Waals surface area contributed by atoms with Crippen LogP contribution >= 0.6 is 0 Å². The number of aromatic nitrogens is 3. The minimum atomic E-state index is -0.502. The Bertz CT molecular complexity index is 900. The lowest BCUT2D eigenvalue weighted by molar-refractivity contribution is 0.0197. The molecule has 1 amide bonds. The van der Waals surface area contributed by atoms with Crippen LogP contribution in [-0.4, -0.2) is 75.5 Å². The van der Waals surface area contributed by atoms with Crippen molar-refractivity contribution in [3.05, 3.63) is 23.5 Å². The monoisotopic (exact) mass is 416 g/mol. The molecule has 2 fully saturated rings. The van der Waals surface area contributed by atoms with Crippen LogP contribution in [0.5, 0.6) is 0 Å². The third kappa shape index (κ3) is 4.67. The summed E-state index contributed by atoms with van der Waals surface area (Å²) in [6.45, 7) is 11.0. The van der Waals surface area contributed by atoms with Gasteiger partial charge in [-0.3, -0.25) is 4.90 Å². The number of ether oxygens (including phenoxy) is 2. The summed E-state index contributed by atoms with van der Waals surface area (Å²) in [7, 11) is 0. The Morgan fingerprint density at radius 2 is 2.07 bits per heavy atom. The quantitative estimate of drug-likeness (QED) is 0.819. The molecule has 2 aromatic heterocycles. The number of anilines is 1. The molecule has 1 unspecified atom stereocenters. The number of rotatable bonds is 3. The van der Waals surface area contributed by atoms with E-state index in [-0.39, 0.29) is 12.0 Å². The molecule has 30 heavy (non-hydrogen) atoms. The van der Waals surface area contributed by atoms with Crippen molar-refractivity contribution in [1.82, 2.24) is 24.4 Å². The van der Waals surface area contributed by atoms with Crippen LogP contribution in [0.15, 0.2) is 12.3 Å². The largest absolute Gasteiger partial charge is 0.444 e. The Balaban J connectivity index is 1.54. The summed E-state index contributed by atoms with van der Waals surface area (Å²) < 4.78 is 12.7. The lowest BCUT2D eigenvalue weighted by atomic mass is 9.94. The Kier molecular flexibility index (Phi) is 5.84. The average molecular weight is 417 g/mol. The van der Waals surface area contributed by atoms with Gasteiger partial charge in [0.05, 0.1) is 25.1 Å². The lowest BCUT2D eigenvalue weighted by Gasteiger charge is -2.34. The Morgan fingerprint density at radius 3 is 2.80 bits per heavy atom. The van der Waals surface area contributed by atoms with E-state index in [2.05, 4.69) is 10.00 Å². The second kappa shape index (κ2) is 8.39. The van der Waals surface area contributed by atoms with Gasteiger partial charge in [0.1, 0.15) is 11.4 Å². The summed E-state index contributed by atoms with van der Waals surface area (Å²) in [5.41, 5.74) is 8.58. The highest BCUT2D eigenvalue weighted by Gasteiger charge is 2.29. The summed E-state index contributed by atoms with van der Waals surface area (Å²) in [6, 6.07) is 1.89. The van der Waals surface area contributed by atoms with E-state index < -0.39 is 5.60 Å². The van der Waals surface area contributed by atoms with Crippen molar-refractivity contribution in [3.8, 4) is 0 Å². The van der Waals surface area contributed by atoms with Crippen molar-refractivity contribution >= 4 is 17.6 Å². The highest BCUT2D eigenvalue weighted by molar-refractivity contribution is 5.68. The highest BCUT2D eigenvalue weighted by atomic mass is 16.6. The van der Waals surface area contributed by atoms with Crippen molar-refractivity contribution in [3.63, 3.8) is 0 Å². The van der Waals surface area contributed by atoms with Gasteiger partial charge in [0.2, 0.25) is 0 Å². The molecule has 2 N–H and O–H groups in total. The van der Waals surface area contributed by atoms with Crippen LogP contribution in [0.2, 0.25) is 0 Å². The van der Waals surface area contributed by atoms with Gasteiger partial charge in [0.15, 0.2) is 5.65 Å². The SMILES string of the molecule is CC(C)(C)OC(=O)N1CCCC(c2cc(N)n3ncc(CN4CCOCC4)c3n2)C1. The van der Waals surface area contributed by atoms with Gasteiger partial charge >= 0.3 is 6.09 Å². The second-order valence-electron chi connectivity index (χ2n) is 9.17. The van der Waals surface area contributed by atoms with Gasteiger partial charge in [-0.05, 0) is 33.6 Å². The van der Waals surface area contributed by atoms with E-state index in [1.165, 1.54) is 0 Å². The number of amides is 1. The predicted octanol–water partition coefficient (Wildman–Crippen LogP) is 2.26. The molecule has 0 saturated carbocycles. The molecule has 0 spiro atoms. The summed E-state index contributed by atoms with van der Waals surface area (Å²) in [5.74, 6) is 0.697. The van der Waals surface area contributed by atoms with E-state index in [0.29, 0.717) is 18.9 Å². The fraction of sp³-hybridized carbons (Fsp3) is 0.667. The molecule has 2 aliphatic heterocycles. The maximum atomic E-state index is 12.5. The predicted molar refractivity (Wildman–Crippen MR) is 113 cm³/mol. The number of carbonyl (C=O) groups excluding carboxylic acids is 1. The van der Waals surface area contributed by atoms with Crippen molar-refractivity contribution in [2.24, 2.45) is 0 Å². The maximum Gasteiger partial charge on any atom is 0.410 e. The second-order valence-corrected chi connectivity index (χ2v) is 9.17. The van der Waals surface area contributed by atoms with Gasteiger partial charge in [0, 0.05) is 50.3 Å². The fourth-order valence-electron chi connectivity index (χ4n) is 4.08. The molecule has 4 rings (SSSR count). The van der Waals surface area contributed by atoms with Gasteiger partial charge in [-0.1, -0.05) is 0 Å². The van der Waals surface area contributed by atoms with Crippen LogP contribution in [0.4, 0.5) is 10.6 Å². The molecule has 0 bridgehead atoms. The van der Waals surface area contributed by atoms with E-state index in [1.54, 1.807) is 9.42 Å². The zero-order valence-corrected chi connectivity index (χ0v) is 18.1. The van der Waals surface area contributed by atoms with E-state index in [0.717, 1.165) is 62.6 Å². The number of hydrogen-bond acceptors (Lipinski definition) is 7. The first kappa shape index (κ1) is 20.9. The molecule has 0 aromatic carbocycles. The number of nitrogens with zero attached hydrogens (tertiary/aromatic N) is 5. The molecule has 2 aliphatic rings. The third-order valence-electron chi connectivity index (χ3n) is 5.58. The van der Waals surface area contributed by atoms with Crippen LogP contribution < -0.4 is 5.73 Å². The molecule has 9 heteroatoms. The number of piperidine rings is 1. The van der Waals surface area contributed by atoms with E-state index >= 15 is 0 Å². The molecule has 2 saturated heterocycles.